The molecule has 0 saturated carbocycles. The van der Waals surface area contributed by atoms with Gasteiger partial charge in [-0.1, -0.05) is 67.9 Å². The molecule has 0 saturated heterocycles. The van der Waals surface area contributed by atoms with E-state index in [0.29, 0.717) is 6.61 Å². The molecule has 0 aliphatic carbocycles. The minimum absolute atomic E-state index is 0.181. The first-order chi connectivity index (χ1) is 10.2. The van der Waals surface area contributed by atoms with E-state index in [1.165, 1.54) is 5.56 Å². The van der Waals surface area contributed by atoms with Gasteiger partial charge in [-0.2, -0.15) is 0 Å². The average molecular weight is 284 g/mol. The second-order valence-electron chi connectivity index (χ2n) is 5.36. The molecule has 0 bridgehead atoms. The molecule has 2 rings (SSSR count). The zero-order chi connectivity index (χ0) is 15.1. The summed E-state index contributed by atoms with van der Waals surface area (Å²) in [6.45, 7) is 4.76. The molecule has 0 radical (unpaired) electrons. The van der Waals surface area contributed by atoms with Crippen LogP contribution in [-0.2, 0) is 4.74 Å². The van der Waals surface area contributed by atoms with Crippen molar-refractivity contribution in [3.63, 3.8) is 0 Å². The van der Waals surface area contributed by atoms with E-state index in [2.05, 4.69) is 19.1 Å². The topological polar surface area (TPSA) is 29.5 Å². The number of hydrogen-bond donors (Lipinski definition) is 1. The van der Waals surface area contributed by atoms with Crippen molar-refractivity contribution in [2.75, 3.05) is 6.61 Å². The molecular formula is C19H24O2. The molecule has 2 nitrogen and oxygen atoms in total. The smallest absolute Gasteiger partial charge is 0.105 e. The van der Waals surface area contributed by atoms with Crippen LogP contribution in [0.1, 0.15) is 38.4 Å². The van der Waals surface area contributed by atoms with E-state index in [4.69, 9.17) is 4.74 Å². The molecule has 0 heterocycles. The van der Waals surface area contributed by atoms with E-state index in [0.717, 1.165) is 24.0 Å². The van der Waals surface area contributed by atoms with Crippen molar-refractivity contribution in [1.82, 2.24) is 0 Å². The second kappa shape index (κ2) is 7.96. The third-order valence-corrected chi connectivity index (χ3v) is 3.68. The zero-order valence-electron chi connectivity index (χ0n) is 12.8. The molecule has 0 fully saturated rings. The predicted molar refractivity (Wildman–Crippen MR) is 87.2 cm³/mol. The van der Waals surface area contributed by atoms with Crippen molar-refractivity contribution in [2.45, 2.75) is 38.9 Å². The summed E-state index contributed by atoms with van der Waals surface area (Å²) in [5.41, 5.74) is 3.25. The highest BCUT2D eigenvalue weighted by molar-refractivity contribution is 5.63. The first kappa shape index (κ1) is 15.7. The standard InChI is InChI=1S/C19H24O2/c1-3-4-14-21-15(2)19(20)18-12-10-17(11-13-18)16-8-6-5-7-9-16/h5-13,15,19-20H,3-4,14H2,1-2H3/t15-,19-/m0/s1. The lowest BCUT2D eigenvalue weighted by Gasteiger charge is -2.20. The molecule has 2 aromatic rings. The van der Waals surface area contributed by atoms with Crippen LogP contribution in [0.3, 0.4) is 0 Å². The lowest BCUT2D eigenvalue weighted by Crippen LogP contribution is -2.19. The molecule has 2 aromatic carbocycles. The molecule has 112 valence electrons. The molecule has 0 amide bonds. The number of ether oxygens (including phenoxy) is 1. The van der Waals surface area contributed by atoms with Crippen LogP contribution in [0.5, 0.6) is 0 Å². The molecule has 0 spiro atoms. The Balaban J connectivity index is 2.01. The van der Waals surface area contributed by atoms with E-state index in [9.17, 15) is 5.11 Å². The summed E-state index contributed by atoms with van der Waals surface area (Å²) in [5, 5.41) is 10.3. The summed E-state index contributed by atoms with van der Waals surface area (Å²) in [7, 11) is 0. The lowest BCUT2D eigenvalue weighted by molar-refractivity contribution is -0.0288. The number of rotatable bonds is 7. The SMILES string of the molecule is CCCCO[C@@H](C)[C@H](O)c1ccc(-c2ccccc2)cc1. The van der Waals surface area contributed by atoms with Gasteiger partial charge < -0.3 is 9.84 Å². The summed E-state index contributed by atoms with van der Waals surface area (Å²) < 4.78 is 5.66. The van der Waals surface area contributed by atoms with E-state index in [1.54, 1.807) is 0 Å². The fraction of sp³-hybridized carbons (Fsp3) is 0.368. The highest BCUT2D eigenvalue weighted by Crippen LogP contribution is 2.24. The Morgan fingerprint density at radius 1 is 0.952 bits per heavy atom. The third-order valence-electron chi connectivity index (χ3n) is 3.68. The molecule has 0 unspecified atom stereocenters. The molecule has 0 aliphatic rings. The van der Waals surface area contributed by atoms with E-state index >= 15 is 0 Å². The quantitative estimate of drug-likeness (QED) is 0.753. The summed E-state index contributed by atoms with van der Waals surface area (Å²) in [6, 6.07) is 18.3. The fourth-order valence-corrected chi connectivity index (χ4v) is 2.28. The van der Waals surface area contributed by atoms with Gasteiger partial charge in [-0.15, -0.1) is 0 Å². The van der Waals surface area contributed by atoms with Crippen LogP contribution in [0.15, 0.2) is 54.6 Å². The molecule has 2 heteroatoms. The summed E-state index contributed by atoms with van der Waals surface area (Å²) in [4.78, 5) is 0. The van der Waals surface area contributed by atoms with Gasteiger partial charge in [0.25, 0.3) is 0 Å². The Kier molecular flexibility index (Phi) is 5.97. The van der Waals surface area contributed by atoms with Crippen LogP contribution in [-0.4, -0.2) is 17.8 Å². The van der Waals surface area contributed by atoms with Crippen LogP contribution in [0, 0.1) is 0 Å². The van der Waals surface area contributed by atoms with Gasteiger partial charge in [-0.25, -0.2) is 0 Å². The van der Waals surface area contributed by atoms with Crippen molar-refractivity contribution in [3.05, 3.63) is 60.2 Å². The molecule has 0 aliphatic heterocycles. The normalized spacial score (nSPS) is 13.9. The highest BCUT2D eigenvalue weighted by atomic mass is 16.5. The first-order valence-electron chi connectivity index (χ1n) is 7.67. The van der Waals surface area contributed by atoms with Crippen molar-refractivity contribution < 1.29 is 9.84 Å². The van der Waals surface area contributed by atoms with Gasteiger partial charge >= 0.3 is 0 Å². The Labute approximate surface area is 127 Å². The summed E-state index contributed by atoms with van der Waals surface area (Å²) in [6.07, 6.45) is 1.38. The van der Waals surface area contributed by atoms with Crippen molar-refractivity contribution in [3.8, 4) is 11.1 Å². The summed E-state index contributed by atoms with van der Waals surface area (Å²) in [5.74, 6) is 0. The van der Waals surface area contributed by atoms with E-state index < -0.39 is 6.10 Å². The van der Waals surface area contributed by atoms with E-state index in [1.807, 2.05) is 49.4 Å². The maximum atomic E-state index is 10.3. The van der Waals surface area contributed by atoms with Crippen LogP contribution in [0.4, 0.5) is 0 Å². The van der Waals surface area contributed by atoms with Gasteiger partial charge in [0.2, 0.25) is 0 Å². The monoisotopic (exact) mass is 284 g/mol. The Morgan fingerprint density at radius 2 is 1.57 bits per heavy atom. The minimum atomic E-state index is -0.577. The molecule has 2 atom stereocenters. The Morgan fingerprint density at radius 3 is 2.19 bits per heavy atom. The maximum Gasteiger partial charge on any atom is 0.105 e. The van der Waals surface area contributed by atoms with Crippen molar-refractivity contribution in [1.29, 1.82) is 0 Å². The third kappa shape index (κ3) is 4.42. The number of benzene rings is 2. The largest absolute Gasteiger partial charge is 0.386 e. The van der Waals surface area contributed by atoms with Crippen LogP contribution in [0.25, 0.3) is 11.1 Å². The molecule has 21 heavy (non-hydrogen) atoms. The fourth-order valence-electron chi connectivity index (χ4n) is 2.28. The van der Waals surface area contributed by atoms with Gasteiger partial charge in [0, 0.05) is 6.61 Å². The minimum Gasteiger partial charge on any atom is -0.386 e. The summed E-state index contributed by atoms with van der Waals surface area (Å²) >= 11 is 0. The Hall–Kier alpha value is -1.64. The molecular weight excluding hydrogens is 260 g/mol. The van der Waals surface area contributed by atoms with Gasteiger partial charge in [-0.05, 0) is 30.0 Å². The molecule has 0 aromatic heterocycles. The number of aliphatic hydroxyl groups excluding tert-OH is 1. The van der Waals surface area contributed by atoms with Gasteiger partial charge in [0.1, 0.15) is 6.10 Å². The van der Waals surface area contributed by atoms with Crippen LogP contribution < -0.4 is 0 Å². The Bertz CT molecular complexity index is 519. The average Bonchev–Trinajstić information content (AvgIpc) is 2.55. The second-order valence-corrected chi connectivity index (χ2v) is 5.36. The molecule has 1 N–H and O–H groups in total. The maximum absolute atomic E-state index is 10.3. The van der Waals surface area contributed by atoms with Gasteiger partial charge in [-0.3, -0.25) is 0 Å². The number of unbranched alkanes of at least 4 members (excludes halogenated alkanes) is 1. The predicted octanol–water partition coefficient (Wildman–Crippen LogP) is 4.59. The van der Waals surface area contributed by atoms with Gasteiger partial charge in [0.15, 0.2) is 0 Å². The van der Waals surface area contributed by atoms with Gasteiger partial charge in [0.05, 0.1) is 6.10 Å². The lowest BCUT2D eigenvalue weighted by atomic mass is 10.00. The first-order valence-corrected chi connectivity index (χ1v) is 7.67. The van der Waals surface area contributed by atoms with E-state index in [-0.39, 0.29) is 6.10 Å². The van der Waals surface area contributed by atoms with Crippen molar-refractivity contribution >= 4 is 0 Å². The zero-order valence-corrected chi connectivity index (χ0v) is 12.8. The van der Waals surface area contributed by atoms with Crippen LogP contribution >= 0.6 is 0 Å². The number of hydrogen-bond acceptors (Lipinski definition) is 2. The number of aliphatic hydroxyl groups is 1. The van der Waals surface area contributed by atoms with Crippen LogP contribution in [0.2, 0.25) is 0 Å². The highest BCUT2D eigenvalue weighted by Gasteiger charge is 2.16. The van der Waals surface area contributed by atoms with Crippen molar-refractivity contribution in [2.24, 2.45) is 0 Å².